The Labute approximate surface area is 124 Å². The summed E-state index contributed by atoms with van der Waals surface area (Å²) in [6.45, 7) is 3.63. The molecule has 1 aromatic rings. The Bertz CT molecular complexity index is 612. The summed E-state index contributed by atoms with van der Waals surface area (Å²) in [5.41, 5.74) is -0.214. The van der Waals surface area contributed by atoms with Crippen molar-refractivity contribution in [1.82, 2.24) is 9.62 Å². The molecule has 0 bridgehead atoms. The molecule has 2 rings (SSSR count). The minimum atomic E-state index is -3.72. The molecule has 0 spiro atoms. The lowest BCUT2D eigenvalue weighted by Gasteiger charge is -2.32. The van der Waals surface area contributed by atoms with Crippen molar-refractivity contribution < 1.29 is 13.3 Å². The number of nitrogens with zero attached hydrogens (tertiary/aromatic N) is 2. The molecular weight excluding hydrogens is 294 g/mol. The smallest absolute Gasteiger partial charge is 0.270 e. The highest BCUT2D eigenvalue weighted by Gasteiger charge is 2.31. The number of nitro benzene ring substituents is 1. The van der Waals surface area contributed by atoms with Gasteiger partial charge in [-0.1, -0.05) is 13.0 Å². The van der Waals surface area contributed by atoms with Gasteiger partial charge >= 0.3 is 0 Å². The van der Waals surface area contributed by atoms with E-state index in [2.05, 4.69) is 5.32 Å². The quantitative estimate of drug-likeness (QED) is 0.654. The summed E-state index contributed by atoms with van der Waals surface area (Å²) in [5.74, 6) is 0. The van der Waals surface area contributed by atoms with E-state index >= 15 is 0 Å². The van der Waals surface area contributed by atoms with Gasteiger partial charge in [-0.05, 0) is 25.5 Å². The number of piperidine rings is 1. The van der Waals surface area contributed by atoms with Crippen LogP contribution in [0.25, 0.3) is 0 Å². The van der Waals surface area contributed by atoms with E-state index in [1.165, 1.54) is 22.5 Å². The zero-order chi connectivity index (χ0) is 15.5. The lowest BCUT2D eigenvalue weighted by atomic mass is 10.1. The highest BCUT2D eigenvalue weighted by Crippen LogP contribution is 2.24. The fourth-order valence-corrected chi connectivity index (χ4v) is 4.30. The molecule has 116 valence electrons. The molecule has 21 heavy (non-hydrogen) atoms. The minimum absolute atomic E-state index is 0.0240. The molecule has 1 aromatic carbocycles. The van der Waals surface area contributed by atoms with E-state index < -0.39 is 14.9 Å². The first-order valence-electron chi connectivity index (χ1n) is 6.94. The summed E-state index contributed by atoms with van der Waals surface area (Å²) in [6.07, 6.45) is 1.72. The second-order valence-corrected chi connectivity index (χ2v) is 6.85. The number of non-ortho nitro benzene ring substituents is 1. The van der Waals surface area contributed by atoms with Gasteiger partial charge in [0.1, 0.15) is 0 Å². The first-order chi connectivity index (χ1) is 9.96. The maximum absolute atomic E-state index is 12.7. The van der Waals surface area contributed by atoms with Gasteiger partial charge in [-0.25, -0.2) is 8.42 Å². The van der Waals surface area contributed by atoms with Crippen LogP contribution in [0.2, 0.25) is 0 Å². The van der Waals surface area contributed by atoms with Crippen LogP contribution in [0.5, 0.6) is 0 Å². The van der Waals surface area contributed by atoms with Crippen LogP contribution in [0, 0.1) is 10.1 Å². The molecule has 1 aliphatic heterocycles. The fraction of sp³-hybridized carbons (Fsp3) is 0.538. The molecule has 0 aromatic heterocycles. The first kappa shape index (κ1) is 15.9. The second kappa shape index (κ2) is 6.50. The number of hydrogen-bond acceptors (Lipinski definition) is 5. The van der Waals surface area contributed by atoms with Crippen molar-refractivity contribution >= 4 is 15.7 Å². The topological polar surface area (TPSA) is 92.6 Å². The molecule has 0 radical (unpaired) electrons. The van der Waals surface area contributed by atoms with E-state index in [1.807, 2.05) is 0 Å². The Balaban J connectivity index is 2.34. The fourth-order valence-electron chi connectivity index (χ4n) is 2.60. The summed E-state index contributed by atoms with van der Waals surface area (Å²) >= 11 is 0. The zero-order valence-electron chi connectivity index (χ0n) is 11.9. The summed E-state index contributed by atoms with van der Waals surface area (Å²) in [4.78, 5) is 10.2. The average molecular weight is 313 g/mol. The lowest BCUT2D eigenvalue weighted by Crippen LogP contribution is -2.48. The summed E-state index contributed by atoms with van der Waals surface area (Å²) in [7, 11) is -3.72. The van der Waals surface area contributed by atoms with Gasteiger partial charge in [0.15, 0.2) is 0 Å². The number of rotatable bonds is 5. The van der Waals surface area contributed by atoms with Crippen LogP contribution in [0.15, 0.2) is 29.2 Å². The maximum atomic E-state index is 12.7. The van der Waals surface area contributed by atoms with E-state index in [0.717, 1.165) is 25.5 Å². The molecule has 8 heteroatoms. The maximum Gasteiger partial charge on any atom is 0.270 e. The molecule has 1 saturated heterocycles. The Kier molecular flexibility index (Phi) is 4.92. The van der Waals surface area contributed by atoms with Gasteiger partial charge in [0, 0.05) is 31.3 Å². The Morgan fingerprint density at radius 3 is 2.81 bits per heavy atom. The number of sulfonamides is 1. The largest absolute Gasteiger partial charge is 0.315 e. The Morgan fingerprint density at radius 1 is 1.48 bits per heavy atom. The van der Waals surface area contributed by atoms with Gasteiger partial charge in [-0.15, -0.1) is 0 Å². The highest BCUT2D eigenvalue weighted by atomic mass is 32.2. The highest BCUT2D eigenvalue weighted by molar-refractivity contribution is 7.89. The van der Waals surface area contributed by atoms with E-state index in [0.29, 0.717) is 13.1 Å². The van der Waals surface area contributed by atoms with Gasteiger partial charge in [0.05, 0.1) is 9.82 Å². The van der Waals surface area contributed by atoms with E-state index in [4.69, 9.17) is 0 Å². The van der Waals surface area contributed by atoms with Gasteiger partial charge in [-0.3, -0.25) is 10.1 Å². The molecule has 1 fully saturated rings. The molecule has 1 aliphatic rings. The number of likely N-dealkylation sites (N-methyl/N-ethyl adjacent to an activating group) is 1. The molecule has 1 unspecified atom stereocenters. The van der Waals surface area contributed by atoms with Crippen LogP contribution in [-0.2, 0) is 10.0 Å². The van der Waals surface area contributed by atoms with Crippen molar-refractivity contribution in [1.29, 1.82) is 0 Å². The monoisotopic (exact) mass is 313 g/mol. The minimum Gasteiger partial charge on any atom is -0.315 e. The lowest BCUT2D eigenvalue weighted by molar-refractivity contribution is -0.385. The molecule has 0 saturated carbocycles. The van der Waals surface area contributed by atoms with Crippen molar-refractivity contribution in [3.8, 4) is 0 Å². The van der Waals surface area contributed by atoms with E-state index in [1.54, 1.807) is 6.92 Å². The van der Waals surface area contributed by atoms with Crippen molar-refractivity contribution in [2.24, 2.45) is 0 Å². The van der Waals surface area contributed by atoms with Crippen molar-refractivity contribution in [2.75, 3.05) is 19.6 Å². The predicted octanol–water partition coefficient (Wildman–Crippen LogP) is 1.36. The van der Waals surface area contributed by atoms with Gasteiger partial charge in [0.2, 0.25) is 10.0 Å². The van der Waals surface area contributed by atoms with E-state index in [-0.39, 0.29) is 16.6 Å². The number of hydrogen-bond donors (Lipinski definition) is 1. The van der Waals surface area contributed by atoms with Crippen LogP contribution < -0.4 is 5.32 Å². The molecule has 1 heterocycles. The van der Waals surface area contributed by atoms with Crippen LogP contribution >= 0.6 is 0 Å². The molecule has 0 amide bonds. The first-order valence-corrected chi connectivity index (χ1v) is 8.38. The molecule has 0 aliphatic carbocycles. The number of nitro groups is 1. The number of nitrogens with one attached hydrogen (secondary N) is 1. The third kappa shape index (κ3) is 3.39. The molecular formula is C13H19N3O4S. The third-order valence-electron chi connectivity index (χ3n) is 3.62. The Morgan fingerprint density at radius 2 is 2.24 bits per heavy atom. The Hall–Kier alpha value is -1.51. The molecule has 1 N–H and O–H groups in total. The molecule has 1 atom stereocenters. The zero-order valence-corrected chi connectivity index (χ0v) is 12.7. The molecule has 7 nitrogen and oxygen atoms in total. The standard InChI is InChI=1S/C13H19N3O4S/c1-2-15(12-6-4-8-14-10-12)21(19,20)13-7-3-5-11(9-13)16(17)18/h3,5,7,9,12,14H,2,4,6,8,10H2,1H3. The SMILES string of the molecule is CCN(C1CCCNC1)S(=O)(=O)c1cccc([N+](=O)[O-])c1. The second-order valence-electron chi connectivity index (χ2n) is 4.96. The summed E-state index contributed by atoms with van der Waals surface area (Å²) in [6, 6.07) is 5.11. The van der Waals surface area contributed by atoms with Crippen molar-refractivity contribution in [2.45, 2.75) is 30.7 Å². The van der Waals surface area contributed by atoms with Crippen LogP contribution in [0.4, 0.5) is 5.69 Å². The van der Waals surface area contributed by atoms with E-state index in [9.17, 15) is 18.5 Å². The predicted molar refractivity (Wildman–Crippen MR) is 78.6 cm³/mol. The summed E-state index contributed by atoms with van der Waals surface area (Å²) in [5, 5.41) is 14.0. The van der Waals surface area contributed by atoms with Crippen LogP contribution in [-0.4, -0.2) is 43.3 Å². The van der Waals surface area contributed by atoms with Gasteiger partial charge < -0.3 is 5.32 Å². The van der Waals surface area contributed by atoms with Gasteiger partial charge in [0.25, 0.3) is 5.69 Å². The van der Waals surface area contributed by atoms with Crippen molar-refractivity contribution in [3.63, 3.8) is 0 Å². The normalized spacial score (nSPS) is 19.6. The average Bonchev–Trinajstić information content (AvgIpc) is 2.49. The van der Waals surface area contributed by atoms with Crippen LogP contribution in [0.3, 0.4) is 0 Å². The van der Waals surface area contributed by atoms with Crippen molar-refractivity contribution in [3.05, 3.63) is 34.4 Å². The third-order valence-corrected chi connectivity index (χ3v) is 5.65. The van der Waals surface area contributed by atoms with Crippen LogP contribution in [0.1, 0.15) is 19.8 Å². The summed E-state index contributed by atoms with van der Waals surface area (Å²) < 4.78 is 26.9. The number of benzene rings is 1. The van der Waals surface area contributed by atoms with Gasteiger partial charge in [-0.2, -0.15) is 4.31 Å².